The second-order valence-electron chi connectivity index (χ2n) is 3.01. The molecule has 0 aliphatic rings. The quantitative estimate of drug-likeness (QED) is 0.768. The van der Waals surface area contributed by atoms with Gasteiger partial charge in [0.15, 0.2) is 0 Å². The predicted molar refractivity (Wildman–Crippen MR) is 60.5 cm³/mol. The van der Waals surface area contributed by atoms with Crippen molar-refractivity contribution >= 4 is 34.8 Å². The Balaban J connectivity index is 2.96. The molecule has 0 atom stereocenters. The molecule has 0 radical (unpaired) electrons. The van der Waals surface area contributed by atoms with E-state index in [4.69, 9.17) is 23.2 Å². The maximum absolute atomic E-state index is 12.3. The van der Waals surface area contributed by atoms with Crippen LogP contribution in [0.2, 0.25) is 5.02 Å². The molecule has 0 aromatic heterocycles. The Morgan fingerprint density at radius 2 is 2.12 bits per heavy atom. The van der Waals surface area contributed by atoms with Crippen LogP contribution in [0.3, 0.4) is 0 Å². The van der Waals surface area contributed by atoms with Gasteiger partial charge in [-0.25, -0.2) is 8.78 Å². The number of benzene rings is 1. The number of anilines is 1. The maximum atomic E-state index is 12.3. The average molecular weight is 268 g/mol. The summed E-state index contributed by atoms with van der Waals surface area (Å²) in [6.07, 6.45) is -2.62. The Morgan fingerprint density at radius 1 is 1.44 bits per heavy atom. The van der Waals surface area contributed by atoms with Crippen molar-refractivity contribution in [1.82, 2.24) is 0 Å². The highest BCUT2D eigenvalue weighted by Crippen LogP contribution is 2.20. The van der Waals surface area contributed by atoms with Crippen molar-refractivity contribution < 1.29 is 13.6 Å². The van der Waals surface area contributed by atoms with Crippen molar-refractivity contribution in [3.05, 3.63) is 29.3 Å². The summed E-state index contributed by atoms with van der Waals surface area (Å²) in [5.74, 6) is -0.927. The first kappa shape index (κ1) is 13.2. The lowest BCUT2D eigenvalue weighted by Crippen LogP contribution is -2.35. The van der Waals surface area contributed by atoms with Gasteiger partial charge in [-0.15, -0.1) is 11.6 Å². The molecule has 88 valence electrons. The summed E-state index contributed by atoms with van der Waals surface area (Å²) in [7, 11) is 0. The molecule has 6 heteroatoms. The second-order valence-corrected chi connectivity index (χ2v) is 3.71. The molecular weight excluding hydrogens is 259 g/mol. The van der Waals surface area contributed by atoms with E-state index in [9.17, 15) is 13.6 Å². The van der Waals surface area contributed by atoms with Gasteiger partial charge in [0.05, 0.1) is 6.54 Å². The minimum atomic E-state index is -2.62. The van der Waals surface area contributed by atoms with Gasteiger partial charge in [0.25, 0.3) is 6.43 Å². The highest BCUT2D eigenvalue weighted by atomic mass is 35.5. The van der Waals surface area contributed by atoms with E-state index in [2.05, 4.69) is 0 Å². The van der Waals surface area contributed by atoms with Gasteiger partial charge < -0.3 is 4.90 Å². The molecule has 0 unspecified atom stereocenters. The lowest BCUT2D eigenvalue weighted by molar-refractivity contribution is -0.116. The first-order valence-electron chi connectivity index (χ1n) is 4.44. The zero-order valence-electron chi connectivity index (χ0n) is 8.17. The summed E-state index contributed by atoms with van der Waals surface area (Å²) < 4.78 is 24.6. The number of amides is 1. The fourth-order valence-corrected chi connectivity index (χ4v) is 1.53. The average Bonchev–Trinajstić information content (AvgIpc) is 2.24. The molecule has 2 nitrogen and oxygen atoms in total. The van der Waals surface area contributed by atoms with Crippen LogP contribution in [0.4, 0.5) is 14.5 Å². The molecular formula is C10H9Cl2F2NO. The van der Waals surface area contributed by atoms with Crippen molar-refractivity contribution in [1.29, 1.82) is 0 Å². The van der Waals surface area contributed by atoms with E-state index in [0.29, 0.717) is 10.7 Å². The molecule has 0 heterocycles. The smallest absolute Gasteiger partial charge is 0.256 e. The number of halogens is 4. The van der Waals surface area contributed by atoms with Gasteiger partial charge in [-0.2, -0.15) is 0 Å². The Labute approximate surface area is 102 Å². The minimum absolute atomic E-state index is 0.318. The third-order valence-corrected chi connectivity index (χ3v) is 2.32. The minimum Gasteiger partial charge on any atom is -0.306 e. The fourth-order valence-electron chi connectivity index (χ4n) is 1.21. The van der Waals surface area contributed by atoms with E-state index < -0.39 is 18.9 Å². The lowest BCUT2D eigenvalue weighted by atomic mass is 10.3. The molecule has 1 rings (SSSR count). The van der Waals surface area contributed by atoms with Crippen LogP contribution in [0.1, 0.15) is 0 Å². The Kier molecular flexibility index (Phi) is 4.96. The third kappa shape index (κ3) is 3.61. The summed E-state index contributed by atoms with van der Waals surface area (Å²) in [5, 5.41) is 0.374. The third-order valence-electron chi connectivity index (χ3n) is 1.86. The zero-order valence-corrected chi connectivity index (χ0v) is 9.68. The predicted octanol–water partition coefficient (Wildman–Crippen LogP) is 3.18. The largest absolute Gasteiger partial charge is 0.306 e. The summed E-state index contributed by atoms with van der Waals surface area (Å²) in [6.45, 7) is -0.689. The van der Waals surface area contributed by atoms with Crippen LogP contribution in [-0.4, -0.2) is 24.8 Å². The maximum Gasteiger partial charge on any atom is 0.256 e. The Bertz CT molecular complexity index is 374. The van der Waals surface area contributed by atoms with Crippen LogP contribution < -0.4 is 4.90 Å². The molecule has 0 spiro atoms. The van der Waals surface area contributed by atoms with Gasteiger partial charge in [0, 0.05) is 10.7 Å². The fraction of sp³-hybridized carbons (Fsp3) is 0.300. The number of nitrogens with zero attached hydrogens (tertiary/aromatic N) is 1. The molecule has 16 heavy (non-hydrogen) atoms. The standard InChI is InChI=1S/C10H9Cl2F2NO/c11-5-10(16)15(6-9(13)14)8-3-1-2-7(12)4-8/h1-4,9H,5-6H2. The SMILES string of the molecule is O=C(CCl)N(CC(F)F)c1cccc(Cl)c1. The number of rotatable bonds is 4. The van der Waals surface area contributed by atoms with Crippen molar-refractivity contribution in [3.63, 3.8) is 0 Å². The highest BCUT2D eigenvalue weighted by Gasteiger charge is 2.19. The Morgan fingerprint density at radius 3 is 2.62 bits per heavy atom. The van der Waals surface area contributed by atoms with Gasteiger partial charge in [-0.05, 0) is 18.2 Å². The van der Waals surface area contributed by atoms with Gasteiger partial charge in [0.1, 0.15) is 5.88 Å². The van der Waals surface area contributed by atoms with Gasteiger partial charge in [-0.3, -0.25) is 4.79 Å². The van der Waals surface area contributed by atoms with Crippen molar-refractivity contribution in [3.8, 4) is 0 Å². The Hall–Kier alpha value is -0.870. The monoisotopic (exact) mass is 267 g/mol. The van der Waals surface area contributed by atoms with Crippen molar-refractivity contribution in [2.45, 2.75) is 6.43 Å². The van der Waals surface area contributed by atoms with E-state index in [1.807, 2.05) is 0 Å². The van der Waals surface area contributed by atoms with Gasteiger partial charge >= 0.3 is 0 Å². The van der Waals surface area contributed by atoms with E-state index in [-0.39, 0.29) is 5.88 Å². The van der Waals surface area contributed by atoms with Gasteiger partial charge in [0.2, 0.25) is 5.91 Å². The van der Waals surface area contributed by atoms with Crippen LogP contribution in [0, 0.1) is 0 Å². The number of hydrogen-bond acceptors (Lipinski definition) is 1. The van der Waals surface area contributed by atoms with Gasteiger partial charge in [-0.1, -0.05) is 17.7 Å². The molecule has 0 fully saturated rings. The normalized spacial score (nSPS) is 10.6. The molecule has 1 aromatic carbocycles. The number of hydrogen-bond donors (Lipinski definition) is 0. The lowest BCUT2D eigenvalue weighted by Gasteiger charge is -2.21. The summed E-state index contributed by atoms with van der Waals surface area (Å²) in [5.41, 5.74) is 0.318. The first-order chi connectivity index (χ1) is 7.54. The molecule has 1 aromatic rings. The number of alkyl halides is 3. The summed E-state index contributed by atoms with van der Waals surface area (Å²) in [4.78, 5) is 12.3. The zero-order chi connectivity index (χ0) is 12.1. The van der Waals surface area contributed by atoms with E-state index in [1.165, 1.54) is 12.1 Å². The van der Waals surface area contributed by atoms with Crippen LogP contribution in [0.5, 0.6) is 0 Å². The van der Waals surface area contributed by atoms with Crippen LogP contribution in [0.15, 0.2) is 24.3 Å². The van der Waals surface area contributed by atoms with E-state index >= 15 is 0 Å². The number of carbonyl (C=O) groups excluding carboxylic acids is 1. The molecule has 0 saturated heterocycles. The molecule has 0 N–H and O–H groups in total. The molecule has 0 saturated carbocycles. The number of carbonyl (C=O) groups is 1. The van der Waals surface area contributed by atoms with Crippen LogP contribution in [-0.2, 0) is 4.79 Å². The van der Waals surface area contributed by atoms with Crippen molar-refractivity contribution in [2.24, 2.45) is 0 Å². The summed E-state index contributed by atoms with van der Waals surface area (Å²) in [6, 6.07) is 6.14. The topological polar surface area (TPSA) is 20.3 Å². The van der Waals surface area contributed by atoms with Crippen LogP contribution >= 0.6 is 23.2 Å². The van der Waals surface area contributed by atoms with E-state index in [1.54, 1.807) is 12.1 Å². The molecule has 0 aliphatic heterocycles. The molecule has 0 aliphatic carbocycles. The first-order valence-corrected chi connectivity index (χ1v) is 5.36. The summed E-state index contributed by atoms with van der Waals surface area (Å²) >= 11 is 11.1. The molecule has 0 bridgehead atoms. The van der Waals surface area contributed by atoms with Crippen molar-refractivity contribution in [2.75, 3.05) is 17.3 Å². The molecule has 1 amide bonds. The van der Waals surface area contributed by atoms with E-state index in [0.717, 1.165) is 4.90 Å². The highest BCUT2D eigenvalue weighted by molar-refractivity contribution is 6.31. The van der Waals surface area contributed by atoms with Crippen LogP contribution in [0.25, 0.3) is 0 Å². The second kappa shape index (κ2) is 6.01.